The fourth-order valence-electron chi connectivity index (χ4n) is 3.97. The van der Waals surface area contributed by atoms with E-state index in [0.717, 1.165) is 0 Å². The smallest absolute Gasteiger partial charge is 0.246 e. The number of H-pyrrole nitrogens is 1. The summed E-state index contributed by atoms with van der Waals surface area (Å²) in [5.41, 5.74) is 5.80. The SMILES string of the molecule is CC1(C)CCN(C(=O)[C@H](Cc2cnc[nH]2)NC(=O)[C@@H]2CCC(=O)N2)C1C(N)=O. The summed E-state index contributed by atoms with van der Waals surface area (Å²) in [5, 5.41) is 5.33. The first-order chi connectivity index (χ1) is 13.2. The van der Waals surface area contributed by atoms with E-state index in [1.54, 1.807) is 6.20 Å². The van der Waals surface area contributed by atoms with Crippen LogP contribution in [0.2, 0.25) is 0 Å². The summed E-state index contributed by atoms with van der Waals surface area (Å²) >= 11 is 0. The molecule has 2 aliphatic heterocycles. The minimum atomic E-state index is -0.902. The molecule has 5 N–H and O–H groups in total. The Balaban J connectivity index is 1.79. The second-order valence-corrected chi connectivity index (χ2v) is 8.08. The second-order valence-electron chi connectivity index (χ2n) is 8.08. The molecule has 10 nitrogen and oxygen atoms in total. The van der Waals surface area contributed by atoms with E-state index >= 15 is 0 Å². The zero-order chi connectivity index (χ0) is 20.5. The molecule has 0 aromatic carbocycles. The minimum Gasteiger partial charge on any atom is -0.368 e. The Bertz CT molecular complexity index is 775. The Hall–Kier alpha value is -2.91. The maximum absolute atomic E-state index is 13.3. The van der Waals surface area contributed by atoms with Crippen LogP contribution in [0.3, 0.4) is 0 Å². The number of hydrogen-bond donors (Lipinski definition) is 4. The van der Waals surface area contributed by atoms with Gasteiger partial charge in [0.25, 0.3) is 0 Å². The number of carbonyl (C=O) groups excluding carboxylic acids is 4. The number of nitrogens with zero attached hydrogens (tertiary/aromatic N) is 2. The van der Waals surface area contributed by atoms with Crippen LogP contribution in [0.5, 0.6) is 0 Å². The highest BCUT2D eigenvalue weighted by atomic mass is 16.2. The Morgan fingerprint density at radius 2 is 2.18 bits per heavy atom. The molecule has 152 valence electrons. The summed E-state index contributed by atoms with van der Waals surface area (Å²) < 4.78 is 0. The highest BCUT2D eigenvalue weighted by Gasteiger charge is 2.47. The number of imidazole rings is 1. The van der Waals surface area contributed by atoms with Crippen molar-refractivity contribution in [2.75, 3.05) is 6.54 Å². The number of carbonyl (C=O) groups is 4. The molecule has 0 aliphatic carbocycles. The largest absolute Gasteiger partial charge is 0.368 e. The predicted octanol–water partition coefficient (Wildman–Crippen LogP) is -1.17. The number of primary amides is 1. The van der Waals surface area contributed by atoms with E-state index in [1.807, 2.05) is 13.8 Å². The van der Waals surface area contributed by atoms with Gasteiger partial charge in [0.1, 0.15) is 18.1 Å². The van der Waals surface area contributed by atoms with Crippen LogP contribution in [0.25, 0.3) is 0 Å². The molecular weight excluding hydrogens is 364 g/mol. The summed E-state index contributed by atoms with van der Waals surface area (Å²) in [5.74, 6) is -1.54. The van der Waals surface area contributed by atoms with Gasteiger partial charge in [-0.2, -0.15) is 0 Å². The van der Waals surface area contributed by atoms with Crippen molar-refractivity contribution in [2.45, 2.75) is 57.7 Å². The molecule has 2 aliphatic rings. The third kappa shape index (κ3) is 4.00. The topological polar surface area (TPSA) is 150 Å². The normalized spacial score (nSPS) is 24.6. The van der Waals surface area contributed by atoms with Crippen LogP contribution in [-0.4, -0.2) is 63.2 Å². The van der Waals surface area contributed by atoms with Crippen molar-refractivity contribution in [1.82, 2.24) is 25.5 Å². The van der Waals surface area contributed by atoms with Crippen molar-refractivity contribution in [3.05, 3.63) is 18.2 Å². The Morgan fingerprint density at radius 1 is 1.43 bits per heavy atom. The summed E-state index contributed by atoms with van der Waals surface area (Å²) in [6.45, 7) is 4.17. The molecule has 1 aromatic rings. The lowest BCUT2D eigenvalue weighted by Gasteiger charge is -2.32. The van der Waals surface area contributed by atoms with Crippen LogP contribution >= 0.6 is 0 Å². The van der Waals surface area contributed by atoms with Gasteiger partial charge in [-0.1, -0.05) is 13.8 Å². The molecule has 0 radical (unpaired) electrons. The number of aromatic amines is 1. The zero-order valence-electron chi connectivity index (χ0n) is 16.0. The fourth-order valence-corrected chi connectivity index (χ4v) is 3.97. The van der Waals surface area contributed by atoms with Crippen LogP contribution in [0.15, 0.2) is 12.5 Å². The molecule has 3 rings (SSSR count). The molecule has 0 saturated carbocycles. The van der Waals surface area contributed by atoms with Crippen LogP contribution in [0, 0.1) is 5.41 Å². The first-order valence-corrected chi connectivity index (χ1v) is 9.36. The minimum absolute atomic E-state index is 0.188. The molecule has 0 spiro atoms. The zero-order valence-corrected chi connectivity index (χ0v) is 16.0. The average molecular weight is 390 g/mol. The number of hydrogen-bond acceptors (Lipinski definition) is 5. The summed E-state index contributed by atoms with van der Waals surface area (Å²) in [6, 6.07) is -2.31. The number of amides is 4. The van der Waals surface area contributed by atoms with Crippen LogP contribution < -0.4 is 16.4 Å². The standard InChI is InChI=1S/C18H26N6O4/c1-18(2)5-6-24(14(18)15(19)26)17(28)12(7-10-8-20-9-21-10)23-16(27)11-3-4-13(25)22-11/h8-9,11-12,14H,3-7H2,1-2H3,(H2,19,26)(H,20,21)(H,22,25)(H,23,27)/t11-,12-,14?/m0/s1. The number of nitrogens with one attached hydrogen (secondary N) is 3. The fraction of sp³-hybridized carbons (Fsp3) is 0.611. The van der Waals surface area contributed by atoms with E-state index in [1.165, 1.54) is 11.2 Å². The van der Waals surface area contributed by atoms with Gasteiger partial charge in [-0.05, 0) is 18.3 Å². The predicted molar refractivity (Wildman–Crippen MR) is 98.5 cm³/mol. The van der Waals surface area contributed by atoms with Gasteiger partial charge in [-0.3, -0.25) is 19.2 Å². The van der Waals surface area contributed by atoms with Crippen LogP contribution in [0.1, 0.15) is 38.8 Å². The van der Waals surface area contributed by atoms with E-state index in [0.29, 0.717) is 25.1 Å². The number of aromatic nitrogens is 2. The van der Waals surface area contributed by atoms with Crippen molar-refractivity contribution < 1.29 is 19.2 Å². The first kappa shape index (κ1) is 19.8. The lowest BCUT2D eigenvalue weighted by atomic mass is 9.84. The maximum atomic E-state index is 13.3. The third-order valence-electron chi connectivity index (χ3n) is 5.51. The molecule has 10 heteroatoms. The van der Waals surface area contributed by atoms with Crippen LogP contribution in [0.4, 0.5) is 0 Å². The lowest BCUT2D eigenvalue weighted by molar-refractivity contribution is -0.142. The molecule has 2 saturated heterocycles. The van der Waals surface area contributed by atoms with E-state index < -0.39 is 35.4 Å². The number of likely N-dealkylation sites (tertiary alicyclic amines) is 1. The molecule has 3 atom stereocenters. The number of nitrogens with two attached hydrogens (primary N) is 1. The molecule has 28 heavy (non-hydrogen) atoms. The molecule has 3 heterocycles. The Morgan fingerprint density at radius 3 is 2.75 bits per heavy atom. The van der Waals surface area contributed by atoms with E-state index in [2.05, 4.69) is 20.6 Å². The van der Waals surface area contributed by atoms with Crippen molar-refractivity contribution >= 4 is 23.6 Å². The molecule has 0 bridgehead atoms. The summed E-state index contributed by atoms with van der Waals surface area (Å²) in [7, 11) is 0. The molecule has 2 fully saturated rings. The van der Waals surface area contributed by atoms with Gasteiger partial charge in [-0.25, -0.2) is 4.98 Å². The van der Waals surface area contributed by atoms with E-state index in [4.69, 9.17) is 5.73 Å². The van der Waals surface area contributed by atoms with Gasteiger partial charge in [0.05, 0.1) is 6.33 Å². The molecular formula is C18H26N6O4. The third-order valence-corrected chi connectivity index (χ3v) is 5.51. The highest BCUT2D eigenvalue weighted by Crippen LogP contribution is 2.36. The van der Waals surface area contributed by atoms with Gasteiger partial charge >= 0.3 is 0 Å². The van der Waals surface area contributed by atoms with Crippen molar-refractivity contribution in [3.63, 3.8) is 0 Å². The first-order valence-electron chi connectivity index (χ1n) is 9.36. The molecule has 4 amide bonds. The van der Waals surface area contributed by atoms with Gasteiger partial charge in [0.2, 0.25) is 23.6 Å². The summed E-state index contributed by atoms with van der Waals surface area (Å²) in [6.07, 6.45) is 4.55. The number of rotatable bonds is 6. The Kier molecular flexibility index (Phi) is 5.39. The molecule has 1 aromatic heterocycles. The molecule has 1 unspecified atom stereocenters. The highest BCUT2D eigenvalue weighted by molar-refractivity contribution is 5.95. The second kappa shape index (κ2) is 7.61. The lowest BCUT2D eigenvalue weighted by Crippen LogP contribution is -2.57. The monoisotopic (exact) mass is 390 g/mol. The van der Waals surface area contributed by atoms with Gasteiger partial charge in [0.15, 0.2) is 0 Å². The quantitative estimate of drug-likeness (QED) is 0.482. The van der Waals surface area contributed by atoms with Crippen LogP contribution in [-0.2, 0) is 25.6 Å². The Labute approximate surface area is 162 Å². The van der Waals surface area contributed by atoms with Crippen molar-refractivity contribution in [2.24, 2.45) is 11.1 Å². The average Bonchev–Trinajstić information content (AvgIpc) is 3.33. The maximum Gasteiger partial charge on any atom is 0.246 e. The van der Waals surface area contributed by atoms with E-state index in [-0.39, 0.29) is 24.7 Å². The summed E-state index contributed by atoms with van der Waals surface area (Å²) in [4.78, 5) is 57.6. The van der Waals surface area contributed by atoms with Gasteiger partial charge in [0, 0.05) is 31.3 Å². The van der Waals surface area contributed by atoms with E-state index in [9.17, 15) is 19.2 Å². The van der Waals surface area contributed by atoms with Crippen molar-refractivity contribution in [3.8, 4) is 0 Å². The van der Waals surface area contributed by atoms with Gasteiger partial charge in [-0.15, -0.1) is 0 Å². The van der Waals surface area contributed by atoms with Crippen molar-refractivity contribution in [1.29, 1.82) is 0 Å². The van der Waals surface area contributed by atoms with Gasteiger partial charge < -0.3 is 26.3 Å².